The highest BCUT2D eigenvalue weighted by Gasteiger charge is 2.22. The van der Waals surface area contributed by atoms with Crippen molar-refractivity contribution in [2.24, 2.45) is 0 Å². The van der Waals surface area contributed by atoms with Crippen molar-refractivity contribution in [3.05, 3.63) is 47.0 Å². The molecule has 0 spiro atoms. The summed E-state index contributed by atoms with van der Waals surface area (Å²) in [5, 5.41) is 6.38. The van der Waals surface area contributed by atoms with Crippen LogP contribution in [0.4, 0.5) is 11.4 Å². The summed E-state index contributed by atoms with van der Waals surface area (Å²) in [5.74, 6) is 0.973. The van der Waals surface area contributed by atoms with E-state index in [1.54, 1.807) is 24.3 Å². The molecule has 2 aromatic rings. The summed E-state index contributed by atoms with van der Waals surface area (Å²) in [7, 11) is 0. The van der Waals surface area contributed by atoms with E-state index in [0.717, 1.165) is 18.8 Å². The van der Waals surface area contributed by atoms with E-state index in [-0.39, 0.29) is 16.9 Å². The Morgan fingerprint density at radius 2 is 1.76 bits per heavy atom. The summed E-state index contributed by atoms with van der Waals surface area (Å²) in [6.07, 6.45) is 0.520. The Kier molecular flexibility index (Phi) is 7.20. The van der Waals surface area contributed by atoms with Crippen LogP contribution in [0.2, 0.25) is 5.02 Å². The second-order valence-electron chi connectivity index (χ2n) is 7.65. The quantitative estimate of drug-likeness (QED) is 0.639. The molecule has 0 atom stereocenters. The van der Waals surface area contributed by atoms with Crippen molar-refractivity contribution in [1.82, 2.24) is 10.2 Å². The van der Waals surface area contributed by atoms with E-state index in [0.29, 0.717) is 60.5 Å². The molecular formula is C23H25ClN4O4S. The number of benzene rings is 2. The van der Waals surface area contributed by atoms with Crippen LogP contribution in [0.5, 0.6) is 11.5 Å². The molecule has 0 radical (unpaired) electrons. The molecule has 2 aromatic carbocycles. The highest BCUT2D eigenvalue weighted by Crippen LogP contribution is 2.31. The highest BCUT2D eigenvalue weighted by molar-refractivity contribution is 7.80. The molecule has 0 bridgehead atoms. The number of hydrogen-bond acceptors (Lipinski definition) is 6. The fourth-order valence-corrected chi connectivity index (χ4v) is 4.29. The van der Waals surface area contributed by atoms with Crippen LogP contribution >= 0.6 is 23.8 Å². The zero-order valence-electron chi connectivity index (χ0n) is 18.2. The smallest absolute Gasteiger partial charge is 0.257 e. The lowest BCUT2D eigenvalue weighted by Crippen LogP contribution is -2.48. The molecule has 2 N–H and O–H groups in total. The molecular weight excluding hydrogens is 464 g/mol. The summed E-state index contributed by atoms with van der Waals surface area (Å²) in [6, 6.07) is 10.5. The van der Waals surface area contributed by atoms with Gasteiger partial charge in [0.15, 0.2) is 16.6 Å². The average Bonchev–Trinajstić information content (AvgIpc) is 2.83. The summed E-state index contributed by atoms with van der Waals surface area (Å²) in [4.78, 5) is 28.5. The van der Waals surface area contributed by atoms with Crippen molar-refractivity contribution >= 4 is 52.1 Å². The van der Waals surface area contributed by atoms with Gasteiger partial charge >= 0.3 is 0 Å². The number of halogens is 1. The Labute approximate surface area is 202 Å². The number of anilines is 2. The number of nitrogens with one attached hydrogen (secondary N) is 2. The Morgan fingerprint density at radius 1 is 1.03 bits per heavy atom. The number of amides is 2. The number of ether oxygens (including phenoxy) is 2. The summed E-state index contributed by atoms with van der Waals surface area (Å²) in [5.41, 5.74) is 1.98. The number of piperazine rings is 1. The van der Waals surface area contributed by atoms with Gasteiger partial charge in [-0.25, -0.2) is 0 Å². The monoisotopic (exact) mass is 488 g/mol. The average molecular weight is 489 g/mol. The predicted molar refractivity (Wildman–Crippen MR) is 132 cm³/mol. The maximum atomic E-state index is 12.6. The molecule has 2 aliphatic heterocycles. The molecule has 1 saturated heterocycles. The lowest BCUT2D eigenvalue weighted by atomic mass is 10.2. The van der Waals surface area contributed by atoms with Crippen molar-refractivity contribution in [2.45, 2.75) is 13.3 Å². The molecule has 2 heterocycles. The van der Waals surface area contributed by atoms with Crippen molar-refractivity contribution in [1.29, 1.82) is 0 Å². The Morgan fingerprint density at radius 3 is 2.45 bits per heavy atom. The maximum absolute atomic E-state index is 12.6. The number of rotatable bonds is 4. The standard InChI is InChI=1S/C23H25ClN4O4S/c1-2-21(29)28-9-7-27(8-10-28)18-5-4-16(14-17(18)24)25-23(33)26-22(30)15-3-6-19-20(13-15)32-12-11-31-19/h3-6,13-14H,2,7-12H2,1H3,(H2,25,26,30,33). The second-order valence-corrected chi connectivity index (χ2v) is 8.47. The minimum absolute atomic E-state index is 0.158. The molecule has 33 heavy (non-hydrogen) atoms. The third-order valence-corrected chi connectivity index (χ3v) is 6.02. The number of carbonyl (C=O) groups excluding carboxylic acids is 2. The van der Waals surface area contributed by atoms with Crippen LogP contribution in [-0.2, 0) is 4.79 Å². The van der Waals surface area contributed by atoms with Crippen molar-refractivity contribution < 1.29 is 19.1 Å². The van der Waals surface area contributed by atoms with E-state index >= 15 is 0 Å². The van der Waals surface area contributed by atoms with Crippen LogP contribution in [0.3, 0.4) is 0 Å². The van der Waals surface area contributed by atoms with Gasteiger partial charge in [-0.3, -0.25) is 14.9 Å². The molecule has 1 fully saturated rings. The van der Waals surface area contributed by atoms with Crippen molar-refractivity contribution in [3.63, 3.8) is 0 Å². The normalized spacial score (nSPS) is 15.1. The van der Waals surface area contributed by atoms with Crippen molar-refractivity contribution in [2.75, 3.05) is 49.6 Å². The number of nitrogens with zero attached hydrogens (tertiary/aromatic N) is 2. The van der Waals surface area contributed by atoms with Gasteiger partial charge in [0.2, 0.25) is 5.91 Å². The number of hydrogen-bond donors (Lipinski definition) is 2. The van der Waals surface area contributed by atoms with Gasteiger partial charge < -0.3 is 24.6 Å². The fourth-order valence-electron chi connectivity index (χ4n) is 3.78. The van der Waals surface area contributed by atoms with Crippen LogP contribution in [0, 0.1) is 0 Å². The third kappa shape index (κ3) is 5.48. The predicted octanol–water partition coefficient (Wildman–Crippen LogP) is 3.30. The summed E-state index contributed by atoms with van der Waals surface area (Å²) >= 11 is 11.8. The number of carbonyl (C=O) groups is 2. The lowest BCUT2D eigenvalue weighted by Gasteiger charge is -2.36. The van der Waals surface area contributed by atoms with E-state index in [9.17, 15) is 9.59 Å². The molecule has 0 aromatic heterocycles. The largest absolute Gasteiger partial charge is 0.486 e. The van der Waals surface area contributed by atoms with E-state index in [2.05, 4.69) is 15.5 Å². The van der Waals surface area contributed by atoms with Crippen LogP contribution in [0.15, 0.2) is 36.4 Å². The molecule has 0 saturated carbocycles. The van der Waals surface area contributed by atoms with Crippen LogP contribution < -0.4 is 25.0 Å². The van der Waals surface area contributed by atoms with E-state index in [1.807, 2.05) is 24.0 Å². The van der Waals surface area contributed by atoms with Gasteiger partial charge in [0.1, 0.15) is 13.2 Å². The van der Waals surface area contributed by atoms with Gasteiger partial charge in [0.25, 0.3) is 5.91 Å². The molecule has 8 nitrogen and oxygen atoms in total. The van der Waals surface area contributed by atoms with E-state index < -0.39 is 0 Å². The minimum atomic E-state index is -0.355. The lowest BCUT2D eigenvalue weighted by molar-refractivity contribution is -0.131. The Hall–Kier alpha value is -3.04. The molecule has 0 aliphatic carbocycles. The minimum Gasteiger partial charge on any atom is -0.486 e. The van der Waals surface area contributed by atoms with Gasteiger partial charge in [-0.05, 0) is 48.6 Å². The van der Waals surface area contributed by atoms with Gasteiger partial charge in [-0.15, -0.1) is 0 Å². The van der Waals surface area contributed by atoms with Gasteiger partial charge in [0, 0.05) is 43.9 Å². The fraction of sp³-hybridized carbons (Fsp3) is 0.348. The molecule has 2 amide bonds. The van der Waals surface area contributed by atoms with E-state index in [1.165, 1.54) is 0 Å². The second kappa shape index (κ2) is 10.3. The summed E-state index contributed by atoms with van der Waals surface area (Å²) < 4.78 is 11.0. The SMILES string of the molecule is CCC(=O)N1CCN(c2ccc(NC(=S)NC(=O)c3ccc4c(c3)OCCO4)cc2Cl)CC1. The Balaban J connectivity index is 1.34. The molecule has 4 rings (SSSR count). The molecule has 10 heteroatoms. The molecule has 2 aliphatic rings. The zero-order chi connectivity index (χ0) is 23.4. The van der Waals surface area contributed by atoms with Gasteiger partial charge in [-0.1, -0.05) is 18.5 Å². The van der Waals surface area contributed by atoms with Crippen LogP contribution in [0.25, 0.3) is 0 Å². The first kappa shape index (κ1) is 23.1. The number of fused-ring (bicyclic) bond motifs is 1. The van der Waals surface area contributed by atoms with Crippen LogP contribution in [0.1, 0.15) is 23.7 Å². The highest BCUT2D eigenvalue weighted by atomic mass is 35.5. The Bertz CT molecular complexity index is 1070. The third-order valence-electron chi connectivity index (χ3n) is 5.51. The first-order chi connectivity index (χ1) is 15.9. The first-order valence-corrected chi connectivity index (χ1v) is 11.6. The zero-order valence-corrected chi connectivity index (χ0v) is 19.8. The van der Waals surface area contributed by atoms with E-state index in [4.69, 9.17) is 33.3 Å². The number of thiocarbonyl (C=S) groups is 1. The maximum Gasteiger partial charge on any atom is 0.257 e. The molecule has 174 valence electrons. The molecule has 0 unspecified atom stereocenters. The van der Waals surface area contributed by atoms with Crippen LogP contribution in [-0.4, -0.2) is 61.2 Å². The van der Waals surface area contributed by atoms with Crippen molar-refractivity contribution in [3.8, 4) is 11.5 Å². The first-order valence-electron chi connectivity index (χ1n) is 10.8. The topological polar surface area (TPSA) is 83.1 Å². The van der Waals surface area contributed by atoms with Gasteiger partial charge in [0.05, 0.1) is 10.7 Å². The summed E-state index contributed by atoms with van der Waals surface area (Å²) in [6.45, 7) is 5.62. The van der Waals surface area contributed by atoms with Gasteiger partial charge in [-0.2, -0.15) is 0 Å².